The SMILES string of the molecule is CCN1CCN(c2nc3ccc(C)cn3c(=O)c2/C=C2/SC(=S)N(c3c(C)n(C)n(-c4ccccc4)c3=O)C2=O)CC1. The molecule has 1 aromatic carbocycles. The van der Waals surface area contributed by atoms with Crippen molar-refractivity contribution in [3.05, 3.63) is 91.1 Å². The molecule has 0 radical (unpaired) electrons. The lowest BCUT2D eigenvalue weighted by Crippen LogP contribution is -2.47. The molecule has 12 heteroatoms. The van der Waals surface area contributed by atoms with E-state index >= 15 is 0 Å². The number of nitrogens with zero attached hydrogens (tertiary/aromatic N) is 7. The van der Waals surface area contributed by atoms with E-state index in [1.54, 1.807) is 30.9 Å². The van der Waals surface area contributed by atoms with Gasteiger partial charge in [0, 0.05) is 39.4 Å². The van der Waals surface area contributed by atoms with Gasteiger partial charge in [0.05, 0.1) is 21.8 Å². The monoisotopic (exact) mass is 601 g/mol. The lowest BCUT2D eigenvalue weighted by Gasteiger charge is -2.35. The Bertz CT molecular complexity index is 1880. The highest BCUT2D eigenvalue weighted by molar-refractivity contribution is 8.27. The first kappa shape index (κ1) is 28.1. The van der Waals surface area contributed by atoms with Crippen LogP contribution in [0.2, 0.25) is 0 Å². The quantitative estimate of drug-likeness (QED) is 0.254. The van der Waals surface area contributed by atoms with E-state index in [4.69, 9.17) is 17.2 Å². The van der Waals surface area contributed by atoms with Gasteiger partial charge in [0.25, 0.3) is 17.0 Å². The van der Waals surface area contributed by atoms with E-state index in [0.29, 0.717) is 41.5 Å². The van der Waals surface area contributed by atoms with Crippen LogP contribution in [-0.4, -0.2) is 66.6 Å². The third-order valence-electron chi connectivity index (χ3n) is 7.92. The molecule has 0 unspecified atom stereocenters. The summed E-state index contributed by atoms with van der Waals surface area (Å²) >= 11 is 6.73. The molecule has 3 aromatic heterocycles. The number of thioether (sulfide) groups is 1. The zero-order chi connectivity index (χ0) is 29.7. The Labute approximate surface area is 252 Å². The van der Waals surface area contributed by atoms with Crippen LogP contribution in [0.4, 0.5) is 11.5 Å². The van der Waals surface area contributed by atoms with Crippen molar-refractivity contribution in [3.63, 3.8) is 0 Å². The van der Waals surface area contributed by atoms with Gasteiger partial charge in [-0.25, -0.2) is 9.67 Å². The molecule has 2 aliphatic rings. The van der Waals surface area contributed by atoms with Crippen LogP contribution in [0.25, 0.3) is 17.4 Å². The van der Waals surface area contributed by atoms with E-state index in [1.807, 2.05) is 49.4 Å². The number of hydrogen-bond acceptors (Lipinski definition) is 8. The lowest BCUT2D eigenvalue weighted by atomic mass is 10.2. The Morgan fingerprint density at radius 1 is 0.976 bits per heavy atom. The number of amides is 1. The second-order valence-corrected chi connectivity index (χ2v) is 12.1. The molecule has 0 aliphatic carbocycles. The number of carbonyl (C=O) groups is 1. The minimum Gasteiger partial charge on any atom is -0.353 e. The van der Waals surface area contributed by atoms with Crippen molar-refractivity contribution >= 4 is 57.4 Å². The third-order valence-corrected chi connectivity index (χ3v) is 9.22. The number of aromatic nitrogens is 4. The molecule has 1 amide bonds. The number of pyridine rings is 1. The van der Waals surface area contributed by atoms with Gasteiger partial charge in [-0.3, -0.25) is 28.4 Å². The fourth-order valence-corrected chi connectivity index (χ4v) is 6.75. The number of anilines is 2. The maximum atomic E-state index is 13.9. The average molecular weight is 602 g/mol. The predicted molar refractivity (Wildman–Crippen MR) is 172 cm³/mol. The van der Waals surface area contributed by atoms with Crippen molar-refractivity contribution in [1.29, 1.82) is 0 Å². The highest BCUT2D eigenvalue weighted by Gasteiger charge is 2.38. The lowest BCUT2D eigenvalue weighted by molar-refractivity contribution is -0.113. The van der Waals surface area contributed by atoms with Crippen LogP contribution in [0.1, 0.15) is 23.7 Å². The summed E-state index contributed by atoms with van der Waals surface area (Å²) in [5, 5.41) is 0. The Morgan fingerprint density at radius 3 is 2.38 bits per heavy atom. The van der Waals surface area contributed by atoms with E-state index < -0.39 is 5.91 Å². The second-order valence-electron chi connectivity index (χ2n) is 10.4. The number of piperazine rings is 1. The summed E-state index contributed by atoms with van der Waals surface area (Å²) < 4.78 is 4.99. The van der Waals surface area contributed by atoms with Gasteiger partial charge in [-0.2, -0.15) is 0 Å². The summed E-state index contributed by atoms with van der Waals surface area (Å²) in [6, 6.07) is 13.0. The summed E-state index contributed by atoms with van der Waals surface area (Å²) in [6.07, 6.45) is 3.35. The van der Waals surface area contributed by atoms with Crippen LogP contribution in [0.3, 0.4) is 0 Å². The first-order chi connectivity index (χ1) is 20.2. The summed E-state index contributed by atoms with van der Waals surface area (Å²) in [5.41, 5.74) is 2.66. The molecule has 216 valence electrons. The van der Waals surface area contributed by atoms with Crippen molar-refractivity contribution in [2.24, 2.45) is 7.05 Å². The van der Waals surface area contributed by atoms with Crippen LogP contribution in [0, 0.1) is 13.8 Å². The van der Waals surface area contributed by atoms with Crippen molar-refractivity contribution in [3.8, 4) is 5.69 Å². The number of thiocarbonyl (C=S) groups is 1. The smallest absolute Gasteiger partial charge is 0.296 e. The molecule has 0 atom stereocenters. The van der Waals surface area contributed by atoms with Gasteiger partial charge in [-0.1, -0.05) is 55.2 Å². The minimum atomic E-state index is -0.438. The number of para-hydroxylation sites is 1. The highest BCUT2D eigenvalue weighted by Crippen LogP contribution is 2.37. The van der Waals surface area contributed by atoms with Gasteiger partial charge >= 0.3 is 0 Å². The van der Waals surface area contributed by atoms with Gasteiger partial charge in [-0.15, -0.1) is 0 Å². The number of rotatable bonds is 5. The molecule has 0 N–H and O–H groups in total. The molecule has 5 heterocycles. The van der Waals surface area contributed by atoms with Crippen LogP contribution < -0.4 is 20.9 Å². The third kappa shape index (κ3) is 4.69. The molecular formula is C30H31N7O3S2. The maximum absolute atomic E-state index is 13.9. The molecule has 10 nitrogen and oxygen atoms in total. The molecule has 4 aromatic rings. The zero-order valence-electron chi connectivity index (χ0n) is 23.9. The molecule has 2 fully saturated rings. The average Bonchev–Trinajstić information content (AvgIpc) is 3.39. The second kappa shape index (κ2) is 11.0. The molecule has 0 bridgehead atoms. The molecule has 2 saturated heterocycles. The number of fused-ring (bicyclic) bond motifs is 1. The number of benzene rings is 1. The van der Waals surface area contributed by atoms with Gasteiger partial charge in [-0.05, 0) is 50.2 Å². The van der Waals surface area contributed by atoms with Gasteiger partial charge in [0.1, 0.15) is 17.2 Å². The Balaban J connectivity index is 1.45. The Kier molecular flexibility index (Phi) is 7.37. The predicted octanol–water partition coefficient (Wildman–Crippen LogP) is 3.35. The van der Waals surface area contributed by atoms with E-state index in [2.05, 4.69) is 16.7 Å². The number of aryl methyl sites for hydroxylation is 1. The van der Waals surface area contributed by atoms with Crippen molar-refractivity contribution in [1.82, 2.24) is 23.6 Å². The van der Waals surface area contributed by atoms with Crippen LogP contribution in [-0.2, 0) is 11.8 Å². The first-order valence-corrected chi connectivity index (χ1v) is 15.0. The zero-order valence-corrected chi connectivity index (χ0v) is 25.5. The highest BCUT2D eigenvalue weighted by atomic mass is 32.2. The van der Waals surface area contributed by atoms with Crippen LogP contribution >= 0.6 is 24.0 Å². The standard InChI is InChI=1S/C30H31N7O3S2/c1-5-33-13-15-34(16-14-33)26-22(27(38)35-18-19(2)11-12-24(35)31-26)17-23-28(39)36(30(41)42-23)25-20(3)32(4)37(29(25)40)21-9-7-6-8-10-21/h6-12,17-18H,5,13-16H2,1-4H3/b23-17+. The van der Waals surface area contributed by atoms with E-state index in [0.717, 1.165) is 37.0 Å². The van der Waals surface area contributed by atoms with E-state index in [1.165, 1.54) is 14.0 Å². The summed E-state index contributed by atoms with van der Waals surface area (Å²) in [7, 11) is 1.77. The van der Waals surface area contributed by atoms with Crippen molar-refractivity contribution in [2.75, 3.05) is 42.5 Å². The van der Waals surface area contributed by atoms with E-state index in [-0.39, 0.29) is 26.0 Å². The number of hydrogen-bond donors (Lipinski definition) is 0. The molecule has 0 saturated carbocycles. The summed E-state index contributed by atoms with van der Waals surface area (Å²) in [4.78, 5) is 52.4. The van der Waals surface area contributed by atoms with E-state index in [9.17, 15) is 14.4 Å². The minimum absolute atomic E-state index is 0.201. The Hall–Kier alpha value is -4.00. The largest absolute Gasteiger partial charge is 0.353 e. The van der Waals surface area contributed by atoms with Crippen LogP contribution in [0.15, 0.2) is 63.2 Å². The van der Waals surface area contributed by atoms with Crippen molar-refractivity contribution < 1.29 is 4.79 Å². The number of likely N-dealkylation sites (N-methyl/N-ethyl adjacent to an activating group) is 1. The van der Waals surface area contributed by atoms with Crippen molar-refractivity contribution in [2.45, 2.75) is 20.8 Å². The van der Waals surface area contributed by atoms with Crippen LogP contribution in [0.5, 0.6) is 0 Å². The molecule has 6 rings (SSSR count). The molecule has 2 aliphatic heterocycles. The van der Waals surface area contributed by atoms with Gasteiger partial charge in [0.15, 0.2) is 4.32 Å². The fraction of sp³-hybridized carbons (Fsp3) is 0.300. The van der Waals surface area contributed by atoms with Gasteiger partial charge in [0.2, 0.25) is 0 Å². The Morgan fingerprint density at radius 2 is 1.69 bits per heavy atom. The molecular weight excluding hydrogens is 571 g/mol. The van der Waals surface area contributed by atoms with Gasteiger partial charge < -0.3 is 9.80 Å². The summed E-state index contributed by atoms with van der Waals surface area (Å²) in [6.45, 7) is 9.93. The number of carbonyl (C=O) groups excluding carboxylic acids is 1. The normalized spacial score (nSPS) is 17.3. The molecule has 0 spiro atoms. The molecule has 42 heavy (non-hydrogen) atoms. The maximum Gasteiger partial charge on any atom is 0.296 e. The fourth-order valence-electron chi connectivity index (χ4n) is 5.49. The topological polar surface area (TPSA) is 88.1 Å². The first-order valence-electron chi connectivity index (χ1n) is 13.8. The summed E-state index contributed by atoms with van der Waals surface area (Å²) in [5.74, 6) is 0.110.